The summed E-state index contributed by atoms with van der Waals surface area (Å²) in [6, 6.07) is 7.00. The van der Waals surface area contributed by atoms with Gasteiger partial charge in [0.05, 0.1) is 6.07 Å². The Bertz CT molecular complexity index is 793. The van der Waals surface area contributed by atoms with E-state index >= 15 is 0 Å². The first-order valence-electron chi connectivity index (χ1n) is 9.07. The third kappa shape index (κ3) is 4.73. The summed E-state index contributed by atoms with van der Waals surface area (Å²) in [5.74, 6) is -0.334. The van der Waals surface area contributed by atoms with Crippen LogP contribution in [0.15, 0.2) is 40.8 Å². The Morgan fingerprint density at radius 3 is 2.85 bits per heavy atom. The number of carbonyl (C=O) groups is 1. The first-order chi connectivity index (χ1) is 13.1. The van der Waals surface area contributed by atoms with Crippen molar-refractivity contribution in [2.24, 2.45) is 0 Å². The number of piperidine rings is 1. The van der Waals surface area contributed by atoms with Crippen LogP contribution in [0.25, 0.3) is 0 Å². The average Bonchev–Trinajstić information content (AvgIpc) is 3.03. The van der Waals surface area contributed by atoms with Gasteiger partial charge in [0, 0.05) is 6.08 Å². The fourth-order valence-electron chi connectivity index (χ4n) is 3.35. The van der Waals surface area contributed by atoms with Crippen molar-refractivity contribution < 1.29 is 13.9 Å². The molecule has 2 saturated heterocycles. The van der Waals surface area contributed by atoms with E-state index in [9.17, 15) is 9.18 Å². The molecule has 2 fully saturated rings. The topological polar surface area (TPSA) is 56.6 Å². The number of nitriles is 1. The number of carbonyl (C=O) groups excluding carboxylic acids is 1. The Hall–Kier alpha value is -2.25. The molecule has 0 saturated carbocycles. The number of benzene rings is 1. The van der Waals surface area contributed by atoms with Crippen LogP contribution in [-0.4, -0.2) is 47.6 Å². The summed E-state index contributed by atoms with van der Waals surface area (Å²) < 4.78 is 20.1. The summed E-state index contributed by atoms with van der Waals surface area (Å²) in [4.78, 5) is 17.8. The number of amides is 1. The van der Waals surface area contributed by atoms with E-state index in [-0.39, 0.29) is 27.7 Å². The molecular formula is C20H23AsFN3O2. The standard InChI is InChI=1S/C20H23AsFN3O2/c1-2-8-21-13-17-14-25(20(26)27-17)16-3-4-19(18(22)12-16)24-10-6-15(5-9-23)7-11-24/h2-5,8,12,17,21H,6-7,10-11,13-14H2,1H3/t17-/m1/s1. The Kier molecular flexibility index (Phi) is 6.58. The van der Waals surface area contributed by atoms with E-state index in [1.165, 1.54) is 11.0 Å². The molecule has 7 heteroatoms. The minimum absolute atomic E-state index is 0.108. The zero-order valence-corrected chi connectivity index (χ0v) is 17.4. The van der Waals surface area contributed by atoms with Crippen LogP contribution in [0, 0.1) is 17.1 Å². The molecule has 0 aliphatic carbocycles. The number of hydrogen-bond donors (Lipinski definition) is 0. The summed E-state index contributed by atoms with van der Waals surface area (Å²) in [7, 11) is 0. The van der Waals surface area contributed by atoms with E-state index in [1.807, 2.05) is 17.9 Å². The third-order valence-corrected chi connectivity index (χ3v) is 7.41. The molecule has 2 aliphatic heterocycles. The van der Waals surface area contributed by atoms with Crippen LogP contribution in [0.2, 0.25) is 5.21 Å². The predicted octanol–water partition coefficient (Wildman–Crippen LogP) is 3.59. The summed E-state index contributed by atoms with van der Waals surface area (Å²) in [6.07, 6.45) is 4.65. The van der Waals surface area contributed by atoms with Crippen LogP contribution in [0.4, 0.5) is 20.6 Å². The van der Waals surface area contributed by atoms with Gasteiger partial charge in [-0.25, -0.2) is 0 Å². The molecule has 0 aromatic heterocycles. The molecule has 1 aromatic carbocycles. The van der Waals surface area contributed by atoms with Gasteiger partial charge >= 0.3 is 148 Å². The van der Waals surface area contributed by atoms with Crippen LogP contribution < -0.4 is 9.80 Å². The quantitative estimate of drug-likeness (QED) is 0.528. The van der Waals surface area contributed by atoms with E-state index in [0.717, 1.165) is 23.6 Å². The zero-order chi connectivity index (χ0) is 19.2. The molecule has 0 spiro atoms. The number of ether oxygens (including phenoxy) is 1. The van der Waals surface area contributed by atoms with E-state index < -0.39 is 6.09 Å². The minimum atomic E-state index is -0.400. The molecule has 27 heavy (non-hydrogen) atoms. The fourth-order valence-corrected chi connectivity index (χ4v) is 5.12. The van der Waals surface area contributed by atoms with Crippen LogP contribution in [-0.2, 0) is 4.74 Å². The Balaban J connectivity index is 1.66. The zero-order valence-electron chi connectivity index (χ0n) is 15.3. The van der Waals surface area contributed by atoms with Crippen molar-refractivity contribution >= 4 is 33.2 Å². The van der Waals surface area contributed by atoms with Gasteiger partial charge in [0.2, 0.25) is 0 Å². The van der Waals surface area contributed by atoms with Gasteiger partial charge in [0.25, 0.3) is 0 Å². The van der Waals surface area contributed by atoms with Crippen molar-refractivity contribution in [3.8, 4) is 6.07 Å². The van der Waals surface area contributed by atoms with Gasteiger partial charge in [-0.3, -0.25) is 0 Å². The Morgan fingerprint density at radius 2 is 2.19 bits per heavy atom. The van der Waals surface area contributed by atoms with Gasteiger partial charge in [0.1, 0.15) is 0 Å². The van der Waals surface area contributed by atoms with Crippen LogP contribution in [0.1, 0.15) is 19.8 Å². The molecule has 1 unspecified atom stereocenters. The predicted molar refractivity (Wildman–Crippen MR) is 106 cm³/mol. The van der Waals surface area contributed by atoms with Gasteiger partial charge in [-0.05, 0) is 0 Å². The number of anilines is 2. The van der Waals surface area contributed by atoms with Crippen molar-refractivity contribution in [2.75, 3.05) is 29.4 Å². The second kappa shape index (κ2) is 9.10. The van der Waals surface area contributed by atoms with Crippen molar-refractivity contribution in [2.45, 2.75) is 31.1 Å². The summed E-state index contributed by atoms with van der Waals surface area (Å²) in [6.45, 7) is 3.84. The molecule has 1 amide bonds. The number of cyclic esters (lactones) is 1. The second-order valence-electron chi connectivity index (χ2n) is 6.58. The summed E-state index contributed by atoms with van der Waals surface area (Å²) >= 11 is -0.247. The second-order valence-corrected chi connectivity index (χ2v) is 8.99. The number of hydrogen-bond acceptors (Lipinski definition) is 4. The summed E-state index contributed by atoms with van der Waals surface area (Å²) in [5, 5.41) is 9.62. The maximum atomic E-state index is 14.7. The number of halogens is 1. The average molecular weight is 431 g/mol. The number of rotatable bonds is 5. The molecule has 0 radical (unpaired) electrons. The van der Waals surface area contributed by atoms with Gasteiger partial charge in [-0.15, -0.1) is 0 Å². The fraction of sp³-hybridized carbons (Fsp3) is 0.400. The SMILES string of the molecule is CC=C[AsH]C[C@@H]1CN(c2ccc(N3CCC(=CC#N)CC3)c(F)c2)C(=O)O1. The van der Waals surface area contributed by atoms with Crippen molar-refractivity contribution in [3.63, 3.8) is 0 Å². The molecule has 2 heterocycles. The molecule has 5 nitrogen and oxygen atoms in total. The molecular weight excluding hydrogens is 408 g/mol. The Morgan fingerprint density at radius 1 is 1.41 bits per heavy atom. The molecule has 3 rings (SSSR count). The molecule has 142 valence electrons. The van der Waals surface area contributed by atoms with Crippen molar-refractivity contribution in [3.05, 3.63) is 46.6 Å². The van der Waals surface area contributed by atoms with Crippen LogP contribution in [0.3, 0.4) is 0 Å². The maximum absolute atomic E-state index is 14.7. The monoisotopic (exact) mass is 431 g/mol. The summed E-state index contributed by atoms with van der Waals surface area (Å²) in [5.41, 5.74) is 2.19. The van der Waals surface area contributed by atoms with Crippen molar-refractivity contribution in [1.82, 2.24) is 0 Å². The van der Waals surface area contributed by atoms with Gasteiger partial charge in [-0.1, -0.05) is 0 Å². The van der Waals surface area contributed by atoms with E-state index in [2.05, 4.69) is 10.9 Å². The van der Waals surface area contributed by atoms with E-state index in [4.69, 9.17) is 10.00 Å². The van der Waals surface area contributed by atoms with Gasteiger partial charge in [0.15, 0.2) is 0 Å². The normalized spacial score (nSPS) is 20.6. The Labute approximate surface area is 165 Å². The van der Waals surface area contributed by atoms with E-state index in [1.54, 1.807) is 18.2 Å². The third-order valence-electron chi connectivity index (χ3n) is 4.76. The first kappa shape index (κ1) is 19.5. The molecule has 0 N–H and O–H groups in total. The molecule has 2 atom stereocenters. The van der Waals surface area contributed by atoms with Gasteiger partial charge in [-0.2, -0.15) is 5.26 Å². The van der Waals surface area contributed by atoms with Gasteiger partial charge < -0.3 is 0 Å². The first-order valence-corrected chi connectivity index (χ1v) is 11.8. The molecule has 2 aliphatic rings. The van der Waals surface area contributed by atoms with Crippen molar-refractivity contribution in [1.29, 1.82) is 5.26 Å². The molecule has 0 bridgehead atoms. The van der Waals surface area contributed by atoms with Crippen LogP contribution in [0.5, 0.6) is 0 Å². The van der Waals surface area contributed by atoms with E-state index in [0.29, 0.717) is 31.0 Å². The molecule has 1 aromatic rings. The number of nitrogens with zero attached hydrogens (tertiary/aromatic N) is 3. The van der Waals surface area contributed by atoms with Crippen LogP contribution >= 0.6 is 0 Å². The number of allylic oxidation sites excluding steroid dienone is 2.